The highest BCUT2D eigenvalue weighted by Crippen LogP contribution is 2.35. The third kappa shape index (κ3) is 2.82. The van der Waals surface area contributed by atoms with E-state index in [-0.39, 0.29) is 11.0 Å². The minimum absolute atomic E-state index is 0.272. The number of fused-ring (bicyclic) bond motifs is 2. The van der Waals surface area contributed by atoms with Crippen LogP contribution in [0.4, 0.5) is 4.39 Å². The van der Waals surface area contributed by atoms with E-state index >= 15 is 4.39 Å². The Balaban J connectivity index is 1.56. The maximum Gasteiger partial charge on any atom is 0.184 e. The van der Waals surface area contributed by atoms with Crippen LogP contribution in [0.2, 0.25) is 0 Å². The lowest BCUT2D eigenvalue weighted by Gasteiger charge is -2.03. The molecule has 150 valence electrons. The van der Waals surface area contributed by atoms with Gasteiger partial charge < -0.3 is 4.98 Å². The second-order valence-corrected chi connectivity index (χ2v) is 8.37. The normalized spacial score (nSPS) is 11.5. The molecule has 0 amide bonds. The summed E-state index contributed by atoms with van der Waals surface area (Å²) in [7, 11) is 0. The summed E-state index contributed by atoms with van der Waals surface area (Å²) >= 11 is 1.70. The first-order valence-corrected chi connectivity index (χ1v) is 10.4. The van der Waals surface area contributed by atoms with Gasteiger partial charge in [-0.15, -0.1) is 11.3 Å². The van der Waals surface area contributed by atoms with Gasteiger partial charge in [-0.05, 0) is 31.2 Å². The molecule has 0 aliphatic heterocycles. The molecule has 0 atom stereocenters. The van der Waals surface area contributed by atoms with Crippen LogP contribution in [0.15, 0.2) is 55.1 Å². The zero-order valence-corrected chi connectivity index (χ0v) is 17.0. The molecule has 0 radical (unpaired) electrons. The van der Waals surface area contributed by atoms with E-state index in [4.69, 9.17) is 0 Å². The maximum absolute atomic E-state index is 15.6. The molecule has 31 heavy (non-hydrogen) atoms. The summed E-state index contributed by atoms with van der Waals surface area (Å²) in [5.74, 6) is 0.0269. The first-order chi connectivity index (χ1) is 15.2. The van der Waals surface area contributed by atoms with Crippen molar-refractivity contribution in [2.24, 2.45) is 0 Å². The zero-order chi connectivity index (χ0) is 20.9. The first-order valence-electron chi connectivity index (χ1n) is 9.54. The van der Waals surface area contributed by atoms with Gasteiger partial charge in [0.2, 0.25) is 0 Å². The zero-order valence-electron chi connectivity index (χ0n) is 16.2. The van der Waals surface area contributed by atoms with Crippen LogP contribution < -0.4 is 0 Å². The number of imidazole rings is 1. The Morgan fingerprint density at radius 1 is 0.968 bits per heavy atom. The number of nitrogens with zero attached hydrogens (tertiary/aromatic N) is 5. The van der Waals surface area contributed by atoms with Gasteiger partial charge in [-0.1, -0.05) is 6.07 Å². The van der Waals surface area contributed by atoms with E-state index in [1.807, 2.05) is 6.07 Å². The molecule has 0 saturated heterocycles. The van der Waals surface area contributed by atoms with Gasteiger partial charge in [0.15, 0.2) is 17.1 Å². The second kappa shape index (κ2) is 6.78. The molecule has 0 fully saturated rings. The van der Waals surface area contributed by atoms with Crippen molar-refractivity contribution in [3.63, 3.8) is 0 Å². The van der Waals surface area contributed by atoms with Crippen molar-refractivity contribution >= 4 is 33.5 Å². The van der Waals surface area contributed by atoms with Crippen molar-refractivity contribution in [2.75, 3.05) is 0 Å². The minimum Gasteiger partial charge on any atom is -0.335 e. The molecule has 2 N–H and O–H groups in total. The number of aryl methyl sites for hydroxylation is 1. The molecule has 0 bridgehead atoms. The molecule has 0 unspecified atom stereocenters. The SMILES string of the molecule is Cc1ccc(-c2ccnc3nc(-c4[nH]nc5ncc(-c6cccnc6)c(F)c45)[nH]c23)s1. The number of aromatic nitrogens is 7. The number of aromatic amines is 2. The number of rotatable bonds is 3. The predicted molar refractivity (Wildman–Crippen MR) is 118 cm³/mol. The lowest BCUT2D eigenvalue weighted by molar-refractivity contribution is 0.642. The van der Waals surface area contributed by atoms with Crippen LogP contribution in [-0.4, -0.2) is 35.1 Å². The summed E-state index contributed by atoms with van der Waals surface area (Å²) in [6.07, 6.45) is 6.44. The Bertz CT molecular complexity index is 1570. The van der Waals surface area contributed by atoms with Crippen LogP contribution in [0, 0.1) is 12.7 Å². The summed E-state index contributed by atoms with van der Waals surface area (Å²) in [4.78, 5) is 23.0. The summed E-state index contributed by atoms with van der Waals surface area (Å²) < 4.78 is 15.6. The van der Waals surface area contributed by atoms with Crippen LogP contribution in [0.3, 0.4) is 0 Å². The van der Waals surface area contributed by atoms with Crippen LogP contribution in [0.1, 0.15) is 4.88 Å². The highest BCUT2D eigenvalue weighted by Gasteiger charge is 2.21. The largest absolute Gasteiger partial charge is 0.335 e. The lowest BCUT2D eigenvalue weighted by atomic mass is 10.1. The van der Waals surface area contributed by atoms with E-state index < -0.39 is 5.82 Å². The molecule has 0 spiro atoms. The highest BCUT2D eigenvalue weighted by atomic mass is 32.1. The summed E-state index contributed by atoms with van der Waals surface area (Å²) in [6.45, 7) is 2.07. The van der Waals surface area contributed by atoms with Gasteiger partial charge in [0.1, 0.15) is 11.5 Å². The van der Waals surface area contributed by atoms with Crippen molar-refractivity contribution in [1.82, 2.24) is 35.1 Å². The number of H-pyrrole nitrogens is 2. The Kier molecular flexibility index (Phi) is 3.90. The summed E-state index contributed by atoms with van der Waals surface area (Å²) in [6, 6.07) is 9.65. The van der Waals surface area contributed by atoms with Gasteiger partial charge in [-0.2, -0.15) is 5.10 Å². The second-order valence-electron chi connectivity index (χ2n) is 7.08. The van der Waals surface area contributed by atoms with E-state index in [0.717, 1.165) is 16.0 Å². The fraction of sp³-hybridized carbons (Fsp3) is 0.0455. The number of hydrogen-bond donors (Lipinski definition) is 2. The van der Waals surface area contributed by atoms with Crippen molar-refractivity contribution in [2.45, 2.75) is 6.92 Å². The molecule has 9 heteroatoms. The smallest absolute Gasteiger partial charge is 0.184 e. The van der Waals surface area contributed by atoms with Gasteiger partial charge in [-0.25, -0.2) is 19.3 Å². The average Bonchev–Trinajstić information content (AvgIpc) is 3.52. The Labute approximate surface area is 179 Å². The molecule has 6 aromatic heterocycles. The number of hydrogen-bond acceptors (Lipinski definition) is 6. The van der Waals surface area contributed by atoms with Crippen LogP contribution in [-0.2, 0) is 0 Å². The highest BCUT2D eigenvalue weighted by molar-refractivity contribution is 7.15. The third-order valence-corrected chi connectivity index (χ3v) is 6.16. The van der Waals surface area contributed by atoms with Gasteiger partial charge in [0, 0.05) is 51.2 Å². The van der Waals surface area contributed by atoms with Crippen LogP contribution in [0.5, 0.6) is 0 Å². The number of nitrogens with one attached hydrogen (secondary N) is 2. The van der Waals surface area contributed by atoms with Gasteiger partial charge in [0.25, 0.3) is 0 Å². The fourth-order valence-corrected chi connectivity index (χ4v) is 4.56. The van der Waals surface area contributed by atoms with Crippen LogP contribution in [0.25, 0.3) is 55.3 Å². The van der Waals surface area contributed by atoms with E-state index in [0.29, 0.717) is 28.3 Å². The summed E-state index contributed by atoms with van der Waals surface area (Å²) in [5, 5.41) is 7.33. The Hall–Kier alpha value is -3.98. The molecule has 0 saturated carbocycles. The Morgan fingerprint density at radius 3 is 2.71 bits per heavy atom. The molecule has 6 rings (SSSR count). The van der Waals surface area contributed by atoms with E-state index in [2.05, 4.69) is 54.2 Å². The van der Waals surface area contributed by atoms with Gasteiger partial charge >= 0.3 is 0 Å². The standard InChI is InChI=1S/C22H14FN7S/c1-11-4-5-15(31-11)13-6-8-25-21-18(13)27-22(28-21)19-16-17(23)14(10-26-20(16)30-29-19)12-3-2-7-24-9-12/h2-10H,1H3,(H,25,27,28)(H,26,29,30). The van der Waals surface area contributed by atoms with Crippen molar-refractivity contribution < 1.29 is 4.39 Å². The topological polar surface area (TPSA) is 96.0 Å². The molecule has 0 aromatic carbocycles. The van der Waals surface area contributed by atoms with Crippen molar-refractivity contribution in [3.8, 4) is 33.1 Å². The van der Waals surface area contributed by atoms with Gasteiger partial charge in [-0.3, -0.25) is 10.1 Å². The van der Waals surface area contributed by atoms with E-state index in [1.54, 1.807) is 42.1 Å². The summed E-state index contributed by atoms with van der Waals surface area (Å²) in [5.41, 5.74) is 4.05. The van der Waals surface area contributed by atoms with E-state index in [1.165, 1.54) is 11.1 Å². The first kappa shape index (κ1) is 17.8. The number of thiophene rings is 1. The molecule has 0 aliphatic carbocycles. The predicted octanol–water partition coefficient (Wildman–Crippen LogP) is 5.13. The lowest BCUT2D eigenvalue weighted by Crippen LogP contribution is -1.91. The molecule has 7 nitrogen and oxygen atoms in total. The monoisotopic (exact) mass is 427 g/mol. The van der Waals surface area contributed by atoms with Gasteiger partial charge in [0.05, 0.1) is 10.9 Å². The van der Waals surface area contributed by atoms with Crippen molar-refractivity contribution in [3.05, 3.63) is 65.8 Å². The molecule has 6 heterocycles. The van der Waals surface area contributed by atoms with Crippen LogP contribution >= 0.6 is 11.3 Å². The number of halogens is 1. The minimum atomic E-state index is -0.427. The Morgan fingerprint density at radius 2 is 1.90 bits per heavy atom. The number of pyridine rings is 3. The third-order valence-electron chi connectivity index (χ3n) is 5.13. The fourth-order valence-electron chi connectivity index (χ4n) is 3.66. The average molecular weight is 427 g/mol. The van der Waals surface area contributed by atoms with E-state index in [9.17, 15) is 0 Å². The molecular formula is C22H14FN7S. The van der Waals surface area contributed by atoms with Crippen molar-refractivity contribution in [1.29, 1.82) is 0 Å². The molecule has 0 aliphatic rings. The molecule has 6 aromatic rings. The molecular weight excluding hydrogens is 413 g/mol. The maximum atomic E-state index is 15.6. The quantitative estimate of drug-likeness (QED) is 0.408.